The number of hydrogen-bond donors (Lipinski definition) is 1. The predicted molar refractivity (Wildman–Crippen MR) is 57.7 cm³/mol. The quantitative estimate of drug-likeness (QED) is 0.839. The van der Waals surface area contributed by atoms with Crippen LogP contribution >= 0.6 is 22.6 Å². The van der Waals surface area contributed by atoms with Gasteiger partial charge in [-0.05, 0) is 28.5 Å². The Balaban J connectivity index is 2.82. The van der Waals surface area contributed by atoms with Gasteiger partial charge < -0.3 is 5.73 Å². The first-order chi connectivity index (χ1) is 5.59. The molecular formula is C8H12IN3. The maximum Gasteiger partial charge on any atom is 0.140 e. The molecule has 1 rings (SSSR count). The van der Waals surface area contributed by atoms with Crippen molar-refractivity contribution >= 4 is 28.4 Å². The molecule has 0 saturated carbocycles. The van der Waals surface area contributed by atoms with Gasteiger partial charge in [-0.3, -0.25) is 0 Å². The molecule has 4 heteroatoms. The Morgan fingerprint density at radius 3 is 2.75 bits per heavy atom. The summed E-state index contributed by atoms with van der Waals surface area (Å²) in [4.78, 5) is 8.35. The van der Waals surface area contributed by atoms with E-state index in [-0.39, 0.29) is 0 Å². The van der Waals surface area contributed by atoms with E-state index in [4.69, 9.17) is 5.73 Å². The summed E-state index contributed by atoms with van der Waals surface area (Å²) in [6.07, 6.45) is 2.65. The summed E-state index contributed by atoms with van der Waals surface area (Å²) in [5.74, 6) is 1.99. The summed E-state index contributed by atoms with van der Waals surface area (Å²) in [6, 6.07) is 0. The van der Waals surface area contributed by atoms with Crippen molar-refractivity contribution in [1.29, 1.82) is 0 Å². The van der Waals surface area contributed by atoms with Gasteiger partial charge in [0.25, 0.3) is 0 Å². The minimum absolute atomic E-state index is 0.574. The zero-order valence-corrected chi connectivity index (χ0v) is 9.37. The summed E-state index contributed by atoms with van der Waals surface area (Å²) in [7, 11) is 0. The molecule has 66 valence electrons. The van der Waals surface area contributed by atoms with Crippen LogP contribution in [0.5, 0.6) is 0 Å². The fourth-order valence-electron chi connectivity index (χ4n) is 0.882. The Morgan fingerprint density at radius 1 is 1.58 bits per heavy atom. The van der Waals surface area contributed by atoms with Gasteiger partial charge in [0, 0.05) is 12.6 Å². The van der Waals surface area contributed by atoms with Gasteiger partial charge in [-0.15, -0.1) is 0 Å². The summed E-state index contributed by atoms with van der Waals surface area (Å²) in [5, 5.41) is 0. The summed E-state index contributed by atoms with van der Waals surface area (Å²) < 4.78 is 0.917. The summed E-state index contributed by atoms with van der Waals surface area (Å²) in [6.45, 7) is 4.27. The van der Waals surface area contributed by atoms with Crippen LogP contribution in [-0.4, -0.2) is 9.97 Å². The number of hydrogen-bond acceptors (Lipinski definition) is 3. The molecule has 12 heavy (non-hydrogen) atoms. The van der Waals surface area contributed by atoms with Crippen LogP contribution in [0.3, 0.4) is 0 Å². The molecule has 3 nitrogen and oxygen atoms in total. The Morgan fingerprint density at radius 2 is 2.25 bits per heavy atom. The molecule has 0 aliphatic carbocycles. The lowest BCUT2D eigenvalue weighted by Gasteiger charge is -2.04. The van der Waals surface area contributed by atoms with E-state index in [9.17, 15) is 0 Å². The highest BCUT2D eigenvalue weighted by Gasteiger charge is 2.03. The smallest absolute Gasteiger partial charge is 0.140 e. The van der Waals surface area contributed by atoms with Gasteiger partial charge in [-0.2, -0.15) is 0 Å². The van der Waals surface area contributed by atoms with Crippen molar-refractivity contribution < 1.29 is 0 Å². The number of halogens is 1. The van der Waals surface area contributed by atoms with Gasteiger partial charge in [-0.1, -0.05) is 13.8 Å². The Hall–Kier alpha value is -0.390. The molecule has 1 heterocycles. The van der Waals surface area contributed by atoms with E-state index >= 15 is 0 Å². The highest BCUT2D eigenvalue weighted by atomic mass is 127. The van der Waals surface area contributed by atoms with Gasteiger partial charge in [0.15, 0.2) is 0 Å². The molecule has 0 radical (unpaired) electrons. The van der Waals surface area contributed by atoms with Crippen molar-refractivity contribution in [2.24, 2.45) is 5.92 Å². The van der Waals surface area contributed by atoms with Crippen LogP contribution in [0.2, 0.25) is 0 Å². The van der Waals surface area contributed by atoms with Crippen LogP contribution in [0, 0.1) is 9.49 Å². The zero-order chi connectivity index (χ0) is 9.14. The first-order valence-electron chi connectivity index (χ1n) is 3.86. The molecule has 0 saturated heterocycles. The zero-order valence-electron chi connectivity index (χ0n) is 7.21. The van der Waals surface area contributed by atoms with Crippen LogP contribution < -0.4 is 5.73 Å². The average Bonchev–Trinajstić information content (AvgIpc) is 1.96. The number of aromatic nitrogens is 2. The van der Waals surface area contributed by atoms with E-state index < -0.39 is 0 Å². The summed E-state index contributed by atoms with van der Waals surface area (Å²) in [5.41, 5.74) is 5.64. The lowest BCUT2D eigenvalue weighted by molar-refractivity contribution is 0.621. The summed E-state index contributed by atoms with van der Waals surface area (Å²) >= 11 is 2.12. The molecule has 0 unspecified atom stereocenters. The van der Waals surface area contributed by atoms with Gasteiger partial charge in [0.2, 0.25) is 0 Å². The van der Waals surface area contributed by atoms with Gasteiger partial charge >= 0.3 is 0 Å². The molecule has 2 N–H and O–H groups in total. The number of nitrogens with two attached hydrogens (primary N) is 1. The Kier molecular flexibility index (Phi) is 3.25. The van der Waals surface area contributed by atoms with E-state index in [2.05, 4.69) is 46.4 Å². The minimum Gasteiger partial charge on any atom is -0.383 e. The van der Waals surface area contributed by atoms with Crippen molar-refractivity contribution in [2.45, 2.75) is 20.3 Å². The normalized spacial score (nSPS) is 10.7. The van der Waals surface area contributed by atoms with Crippen molar-refractivity contribution in [3.63, 3.8) is 0 Å². The molecule has 0 aromatic carbocycles. The Bertz CT molecular complexity index is 273. The SMILES string of the molecule is CC(C)Cc1ncc(I)c(N)n1. The number of nitrogens with zero attached hydrogens (tertiary/aromatic N) is 2. The third-order valence-corrected chi connectivity index (χ3v) is 2.24. The average molecular weight is 277 g/mol. The fourth-order valence-corrected chi connectivity index (χ4v) is 1.14. The topological polar surface area (TPSA) is 51.8 Å². The second-order valence-corrected chi connectivity index (χ2v) is 4.28. The third kappa shape index (κ3) is 2.58. The van der Waals surface area contributed by atoms with E-state index in [0.717, 1.165) is 15.8 Å². The molecule has 0 spiro atoms. The monoisotopic (exact) mass is 277 g/mol. The van der Waals surface area contributed by atoms with Crippen LogP contribution in [0.4, 0.5) is 5.82 Å². The lowest BCUT2D eigenvalue weighted by Crippen LogP contribution is -2.04. The van der Waals surface area contributed by atoms with Gasteiger partial charge in [-0.25, -0.2) is 9.97 Å². The van der Waals surface area contributed by atoms with Crippen molar-refractivity contribution in [3.8, 4) is 0 Å². The molecule has 0 aliphatic rings. The first kappa shape index (κ1) is 9.70. The maximum absolute atomic E-state index is 5.64. The van der Waals surface area contributed by atoms with Gasteiger partial charge in [0.05, 0.1) is 3.57 Å². The van der Waals surface area contributed by atoms with Crippen LogP contribution in [0.25, 0.3) is 0 Å². The number of anilines is 1. The highest BCUT2D eigenvalue weighted by molar-refractivity contribution is 14.1. The van der Waals surface area contributed by atoms with Crippen LogP contribution in [0.1, 0.15) is 19.7 Å². The van der Waals surface area contributed by atoms with E-state index in [1.165, 1.54) is 0 Å². The first-order valence-corrected chi connectivity index (χ1v) is 4.94. The van der Waals surface area contributed by atoms with Crippen LogP contribution in [-0.2, 0) is 6.42 Å². The van der Waals surface area contributed by atoms with Crippen molar-refractivity contribution in [1.82, 2.24) is 9.97 Å². The molecule has 0 atom stereocenters. The fraction of sp³-hybridized carbons (Fsp3) is 0.500. The van der Waals surface area contributed by atoms with E-state index in [0.29, 0.717) is 11.7 Å². The maximum atomic E-state index is 5.64. The highest BCUT2D eigenvalue weighted by Crippen LogP contribution is 2.11. The molecular weight excluding hydrogens is 265 g/mol. The molecule has 0 aliphatic heterocycles. The second-order valence-electron chi connectivity index (χ2n) is 3.12. The van der Waals surface area contributed by atoms with Crippen molar-refractivity contribution in [3.05, 3.63) is 15.6 Å². The molecule has 1 aromatic heterocycles. The lowest BCUT2D eigenvalue weighted by atomic mass is 10.1. The van der Waals surface area contributed by atoms with E-state index in [1.54, 1.807) is 6.20 Å². The molecule has 0 bridgehead atoms. The molecule has 1 aromatic rings. The number of rotatable bonds is 2. The number of nitrogen functional groups attached to an aromatic ring is 1. The van der Waals surface area contributed by atoms with Gasteiger partial charge in [0.1, 0.15) is 11.6 Å². The Labute approximate surface area is 85.9 Å². The minimum atomic E-state index is 0.574. The van der Waals surface area contributed by atoms with Crippen molar-refractivity contribution in [2.75, 3.05) is 5.73 Å². The third-order valence-electron chi connectivity index (χ3n) is 1.41. The molecule has 0 fully saturated rings. The molecule has 0 amide bonds. The standard InChI is InChI=1S/C8H12IN3/c1-5(2)3-7-11-4-6(9)8(10)12-7/h4-5H,3H2,1-2H3,(H2,10,11,12). The largest absolute Gasteiger partial charge is 0.383 e. The second kappa shape index (κ2) is 4.02. The van der Waals surface area contributed by atoms with Crippen LogP contribution in [0.15, 0.2) is 6.20 Å². The predicted octanol–water partition coefficient (Wildman–Crippen LogP) is 1.86. The van der Waals surface area contributed by atoms with E-state index in [1.807, 2.05) is 0 Å².